The molecule has 0 spiro atoms. The minimum atomic E-state index is -3.58. The maximum absolute atomic E-state index is 14.7. The highest BCUT2D eigenvalue weighted by Crippen LogP contribution is 2.53. The number of hydrogen-bond donors (Lipinski definition) is 3. The van der Waals surface area contributed by atoms with Crippen molar-refractivity contribution >= 4 is 17.4 Å². The molecule has 3 fully saturated rings. The van der Waals surface area contributed by atoms with Crippen molar-refractivity contribution < 1.29 is 37.3 Å². The predicted octanol–water partition coefficient (Wildman–Crippen LogP) is 2.37. The van der Waals surface area contributed by atoms with Crippen LogP contribution in [0.2, 0.25) is 0 Å². The molecular weight excluding hydrogens is 510 g/mol. The molecular formula is C25H25F4N5O4. The fourth-order valence-electron chi connectivity index (χ4n) is 5.92. The van der Waals surface area contributed by atoms with Crippen molar-refractivity contribution in [2.24, 2.45) is 16.8 Å². The van der Waals surface area contributed by atoms with Gasteiger partial charge in [-0.15, -0.1) is 0 Å². The summed E-state index contributed by atoms with van der Waals surface area (Å²) in [6.45, 7) is 0.228. The molecule has 202 valence electrons. The van der Waals surface area contributed by atoms with E-state index in [1.54, 1.807) is 0 Å². The van der Waals surface area contributed by atoms with Crippen LogP contribution in [0.3, 0.4) is 0 Å². The molecule has 3 N–H and O–H groups in total. The number of carbonyl (C=O) groups is 1. The highest BCUT2D eigenvalue weighted by atomic mass is 19.3. The van der Waals surface area contributed by atoms with Crippen LogP contribution in [-0.2, 0) is 11.3 Å². The van der Waals surface area contributed by atoms with E-state index in [2.05, 4.69) is 20.3 Å². The summed E-state index contributed by atoms with van der Waals surface area (Å²) >= 11 is 0. The van der Waals surface area contributed by atoms with E-state index in [9.17, 15) is 32.6 Å². The van der Waals surface area contributed by atoms with Crippen molar-refractivity contribution in [1.82, 2.24) is 14.9 Å². The van der Waals surface area contributed by atoms with Crippen LogP contribution in [0.15, 0.2) is 29.5 Å². The number of rotatable bonds is 6. The van der Waals surface area contributed by atoms with Gasteiger partial charge in [-0.1, -0.05) is 0 Å². The summed E-state index contributed by atoms with van der Waals surface area (Å²) in [7, 11) is 0. The number of nitrogens with zero attached hydrogens (tertiary/aromatic N) is 4. The Morgan fingerprint density at radius 2 is 1.97 bits per heavy atom. The number of ether oxygens (including phenoxy) is 1. The topological polar surface area (TPSA) is 120 Å². The Morgan fingerprint density at radius 1 is 1.18 bits per heavy atom. The van der Waals surface area contributed by atoms with Gasteiger partial charge in [-0.25, -0.2) is 18.7 Å². The van der Waals surface area contributed by atoms with Crippen LogP contribution in [0.1, 0.15) is 42.6 Å². The second-order valence-corrected chi connectivity index (χ2v) is 10.3. The van der Waals surface area contributed by atoms with Crippen molar-refractivity contribution in [2.75, 3.05) is 11.9 Å². The fourth-order valence-corrected chi connectivity index (χ4v) is 5.92. The first-order valence-electron chi connectivity index (χ1n) is 12.3. The van der Waals surface area contributed by atoms with Gasteiger partial charge >= 0.3 is 6.11 Å². The third-order valence-electron chi connectivity index (χ3n) is 7.70. The molecule has 2 aliphatic heterocycles. The lowest BCUT2D eigenvalue weighted by atomic mass is 10.0. The predicted molar refractivity (Wildman–Crippen MR) is 125 cm³/mol. The Bertz CT molecular complexity index is 1320. The molecule has 2 aromatic rings. The fraction of sp³-hybridized carbons (Fsp3) is 0.520. The van der Waals surface area contributed by atoms with Crippen molar-refractivity contribution in [2.45, 2.75) is 62.9 Å². The Hall–Kier alpha value is -3.32. The van der Waals surface area contributed by atoms with Gasteiger partial charge < -0.3 is 25.2 Å². The molecule has 38 heavy (non-hydrogen) atoms. The lowest BCUT2D eigenvalue weighted by Gasteiger charge is -2.28. The smallest absolute Gasteiger partial charge is 0.394 e. The first-order valence-corrected chi connectivity index (χ1v) is 12.3. The largest absolute Gasteiger partial charge is 0.432 e. The SMILES string of the molecule is CC(F)(F)Oc1ccc(F)cc1[C@H]1C[C@H](F)CN1C(=O)C1=NCc2ncnc(N[C@H]3[C@H](O)[C@H](O)[C@@H]4C[C@@H]43)c21. The zero-order valence-corrected chi connectivity index (χ0v) is 20.2. The summed E-state index contributed by atoms with van der Waals surface area (Å²) in [5, 5.41) is 23.8. The van der Waals surface area contributed by atoms with Gasteiger partial charge in [0.15, 0.2) is 0 Å². The number of aliphatic hydroxyl groups is 2. The highest BCUT2D eigenvalue weighted by Gasteiger charge is 2.59. The van der Waals surface area contributed by atoms with Crippen LogP contribution >= 0.6 is 0 Å². The quantitative estimate of drug-likeness (QED) is 0.486. The molecule has 2 aliphatic carbocycles. The van der Waals surface area contributed by atoms with Crippen molar-refractivity contribution in [1.29, 1.82) is 0 Å². The van der Waals surface area contributed by atoms with Gasteiger partial charge in [0.25, 0.3) is 5.91 Å². The number of aliphatic imine (C=N–C) groups is 1. The Balaban J connectivity index is 1.31. The van der Waals surface area contributed by atoms with Gasteiger partial charge in [0.1, 0.15) is 41.7 Å². The molecule has 0 unspecified atom stereocenters. The number of hydrogen-bond acceptors (Lipinski definition) is 8. The minimum Gasteiger partial charge on any atom is -0.432 e. The van der Waals surface area contributed by atoms with Crippen LogP contribution in [0.5, 0.6) is 5.75 Å². The van der Waals surface area contributed by atoms with Gasteiger partial charge in [-0.2, -0.15) is 8.78 Å². The Kier molecular flexibility index (Phi) is 5.83. The molecule has 6 rings (SSSR count). The van der Waals surface area contributed by atoms with Gasteiger partial charge in [0.2, 0.25) is 0 Å². The number of aliphatic hydroxyl groups excluding tert-OH is 2. The zero-order valence-electron chi connectivity index (χ0n) is 20.2. The summed E-state index contributed by atoms with van der Waals surface area (Å²) in [4.78, 5) is 27.7. The molecule has 7 atom stereocenters. The summed E-state index contributed by atoms with van der Waals surface area (Å²) in [5.41, 5.74) is 0.603. The third kappa shape index (κ3) is 4.27. The number of amides is 1. The number of anilines is 1. The number of likely N-dealkylation sites (tertiary alicyclic amines) is 1. The standard InChI is InChI=1S/C25H25F4N5O4/c1-25(28,29)38-17-3-2-10(26)4-14(17)16-5-11(27)8-34(16)24(37)20-18-15(7-30-20)31-9-32-23(18)33-19-12-6-13(12)21(35)22(19)36/h2-4,9,11-13,16,19,21-22,35-36H,5-8H2,1H3,(H,31,32,33)/t11-,12-,13+,16+,19+,21+,22-/m0/s1. The number of carbonyl (C=O) groups excluding carboxylic acids is 1. The number of halogens is 4. The molecule has 2 saturated carbocycles. The Labute approximate surface area is 214 Å². The summed E-state index contributed by atoms with van der Waals surface area (Å²) in [6.07, 6.45) is -5.13. The number of benzene rings is 1. The monoisotopic (exact) mass is 535 g/mol. The van der Waals surface area contributed by atoms with Crippen LogP contribution < -0.4 is 10.1 Å². The summed E-state index contributed by atoms with van der Waals surface area (Å²) in [6, 6.07) is 1.37. The first kappa shape index (κ1) is 25.0. The molecule has 1 aromatic heterocycles. The molecule has 1 amide bonds. The van der Waals surface area contributed by atoms with Crippen LogP contribution in [0, 0.1) is 17.7 Å². The molecule has 1 aromatic carbocycles. The van der Waals surface area contributed by atoms with Gasteiger partial charge in [0.05, 0.1) is 42.5 Å². The highest BCUT2D eigenvalue weighted by molar-refractivity contribution is 6.47. The first-order chi connectivity index (χ1) is 18.0. The van der Waals surface area contributed by atoms with Gasteiger partial charge in [-0.3, -0.25) is 9.79 Å². The average molecular weight is 535 g/mol. The molecule has 0 bridgehead atoms. The maximum Gasteiger partial charge on any atom is 0.394 e. The maximum atomic E-state index is 14.7. The van der Waals surface area contributed by atoms with E-state index in [-0.39, 0.29) is 54.2 Å². The molecule has 9 nitrogen and oxygen atoms in total. The van der Waals surface area contributed by atoms with Crippen LogP contribution in [-0.4, -0.2) is 73.8 Å². The average Bonchev–Trinajstić information content (AvgIpc) is 3.26. The van der Waals surface area contributed by atoms with Crippen molar-refractivity contribution in [3.63, 3.8) is 0 Å². The van der Waals surface area contributed by atoms with E-state index in [1.807, 2.05) is 0 Å². The van der Waals surface area contributed by atoms with E-state index in [0.29, 0.717) is 18.2 Å². The van der Waals surface area contributed by atoms with Gasteiger partial charge in [-0.05, 0) is 36.5 Å². The second-order valence-electron chi connectivity index (χ2n) is 10.3. The number of aromatic nitrogens is 2. The molecule has 4 aliphatic rings. The number of fused-ring (bicyclic) bond motifs is 2. The van der Waals surface area contributed by atoms with Crippen LogP contribution in [0.25, 0.3) is 0 Å². The Morgan fingerprint density at radius 3 is 2.68 bits per heavy atom. The third-order valence-corrected chi connectivity index (χ3v) is 7.70. The molecule has 1 saturated heterocycles. The van der Waals surface area contributed by atoms with E-state index in [1.165, 1.54) is 6.33 Å². The van der Waals surface area contributed by atoms with E-state index in [4.69, 9.17) is 4.74 Å². The molecule has 0 radical (unpaired) electrons. The second kappa shape index (κ2) is 8.87. The molecule has 3 heterocycles. The number of nitrogens with one attached hydrogen (secondary N) is 1. The number of alkyl halides is 3. The summed E-state index contributed by atoms with van der Waals surface area (Å²) < 4.78 is 60.9. The van der Waals surface area contributed by atoms with Crippen molar-refractivity contribution in [3.8, 4) is 5.75 Å². The minimum absolute atomic E-state index is 0.00261. The van der Waals surface area contributed by atoms with Crippen LogP contribution in [0.4, 0.5) is 23.4 Å². The van der Waals surface area contributed by atoms with Gasteiger partial charge in [0, 0.05) is 18.9 Å². The van der Waals surface area contributed by atoms with Crippen molar-refractivity contribution in [3.05, 3.63) is 47.2 Å². The lowest BCUT2D eigenvalue weighted by molar-refractivity contribution is -0.159. The van der Waals surface area contributed by atoms with E-state index in [0.717, 1.165) is 29.5 Å². The lowest BCUT2D eigenvalue weighted by Crippen LogP contribution is -2.40. The van der Waals surface area contributed by atoms with E-state index >= 15 is 0 Å². The molecule has 13 heteroatoms. The normalized spacial score (nSPS) is 31.6. The van der Waals surface area contributed by atoms with E-state index < -0.39 is 48.3 Å². The summed E-state index contributed by atoms with van der Waals surface area (Å²) in [5.74, 6) is -1.50. The zero-order chi connectivity index (χ0) is 26.9.